The molecule has 2 unspecified atom stereocenters. The smallest absolute Gasteiger partial charge is 0.435 e. The maximum atomic E-state index is 13.4. The zero-order valence-corrected chi connectivity index (χ0v) is 24.9. The van der Waals surface area contributed by atoms with E-state index < -0.39 is 11.9 Å². The lowest BCUT2D eigenvalue weighted by Crippen LogP contribution is -2.37. The Bertz CT molecular complexity index is 1580. The van der Waals surface area contributed by atoms with Crippen LogP contribution in [0, 0.1) is 11.8 Å². The van der Waals surface area contributed by atoms with Gasteiger partial charge in [0.15, 0.2) is 5.69 Å². The Morgan fingerprint density at radius 1 is 0.955 bits per heavy atom. The van der Waals surface area contributed by atoms with E-state index in [1.807, 2.05) is 38.1 Å². The van der Waals surface area contributed by atoms with Gasteiger partial charge in [-0.05, 0) is 61.2 Å². The Hall–Kier alpha value is -4.42. The molecular formula is C31H35F3N6O4. The standard InChI is InChI=1S/C31H35F3N6O4/c1-19-16-26(41)35-36-29(19)21-8-10-22(11-9-21)44-15-7-5-4-6-14-39-27(42)17-20(2)30(38-39)23-12-13-28(43-3)40-24(23)18-25(37-40)31(32,33)34/h8-13,18-20H,4-7,14-17H2,1-3H3,(H,35,41). The van der Waals surface area contributed by atoms with Gasteiger partial charge in [0.25, 0.3) is 0 Å². The summed E-state index contributed by atoms with van der Waals surface area (Å²) in [6.45, 7) is 4.78. The van der Waals surface area contributed by atoms with Gasteiger partial charge >= 0.3 is 6.18 Å². The van der Waals surface area contributed by atoms with Gasteiger partial charge < -0.3 is 9.47 Å². The average Bonchev–Trinajstić information content (AvgIpc) is 3.45. The number of hydrogen-bond donors (Lipinski definition) is 1. The van der Waals surface area contributed by atoms with E-state index in [2.05, 4.69) is 20.7 Å². The molecular weight excluding hydrogens is 577 g/mol. The van der Waals surface area contributed by atoms with E-state index in [1.165, 1.54) is 12.1 Å². The molecule has 3 aromatic rings. The second kappa shape index (κ2) is 13.1. The van der Waals surface area contributed by atoms with Gasteiger partial charge in [0, 0.05) is 42.9 Å². The number of alkyl halides is 3. The van der Waals surface area contributed by atoms with Crippen molar-refractivity contribution in [1.29, 1.82) is 0 Å². The van der Waals surface area contributed by atoms with Crippen LogP contribution in [0.4, 0.5) is 13.2 Å². The van der Waals surface area contributed by atoms with Crippen LogP contribution in [0.25, 0.3) is 5.52 Å². The van der Waals surface area contributed by atoms with E-state index in [1.54, 1.807) is 12.1 Å². The van der Waals surface area contributed by atoms with Crippen molar-refractivity contribution in [2.45, 2.75) is 58.5 Å². The number of nitrogens with zero attached hydrogens (tertiary/aromatic N) is 5. The first-order chi connectivity index (χ1) is 21.0. The van der Waals surface area contributed by atoms with Gasteiger partial charge in [0.2, 0.25) is 17.7 Å². The molecule has 0 saturated carbocycles. The summed E-state index contributed by atoms with van der Waals surface area (Å²) in [5.41, 5.74) is 4.55. The Morgan fingerprint density at radius 3 is 2.39 bits per heavy atom. The second-order valence-corrected chi connectivity index (χ2v) is 11.1. The highest BCUT2D eigenvalue weighted by atomic mass is 19.4. The van der Waals surface area contributed by atoms with Gasteiger partial charge in [-0.15, -0.1) is 0 Å². The van der Waals surface area contributed by atoms with Gasteiger partial charge in [-0.2, -0.15) is 33.0 Å². The molecule has 1 N–H and O–H groups in total. The fourth-order valence-electron chi connectivity index (χ4n) is 5.43. The van der Waals surface area contributed by atoms with Crippen LogP contribution in [0.3, 0.4) is 0 Å². The number of pyridine rings is 1. The SMILES string of the molecule is COc1ccc(C2=NN(CCCCCCOc3ccc(C4=NNC(=O)CC4C)cc3)C(=O)CC2C)c2cc(C(F)(F)F)nn12. The molecule has 0 spiro atoms. The topological polar surface area (TPSA) is 110 Å². The molecule has 0 aliphatic carbocycles. The third-order valence-electron chi connectivity index (χ3n) is 7.77. The van der Waals surface area contributed by atoms with Crippen LogP contribution in [0.5, 0.6) is 11.6 Å². The molecule has 2 aromatic heterocycles. The third-order valence-corrected chi connectivity index (χ3v) is 7.77. The normalized spacial score (nSPS) is 19.1. The first kappa shape index (κ1) is 31.0. The molecule has 0 radical (unpaired) electrons. The number of carbonyl (C=O) groups is 2. The van der Waals surface area contributed by atoms with Gasteiger partial charge in [-0.1, -0.05) is 20.3 Å². The molecule has 5 rings (SSSR count). The zero-order chi connectivity index (χ0) is 31.4. The first-order valence-corrected chi connectivity index (χ1v) is 14.7. The molecule has 2 amide bonds. The number of carbonyl (C=O) groups excluding carboxylic acids is 2. The monoisotopic (exact) mass is 612 g/mol. The summed E-state index contributed by atoms with van der Waals surface area (Å²) < 4.78 is 52.5. The number of benzene rings is 1. The Kier molecular flexibility index (Phi) is 9.21. The Balaban J connectivity index is 1.13. The average molecular weight is 613 g/mol. The number of hydrazone groups is 2. The van der Waals surface area contributed by atoms with Crippen LogP contribution in [-0.2, 0) is 15.8 Å². The molecule has 0 saturated heterocycles. The number of unbranched alkanes of at least 4 members (excludes halogenated alkanes) is 3. The second-order valence-electron chi connectivity index (χ2n) is 11.1. The summed E-state index contributed by atoms with van der Waals surface area (Å²) in [6, 6.07) is 11.9. The summed E-state index contributed by atoms with van der Waals surface area (Å²) in [4.78, 5) is 24.2. The molecule has 0 bridgehead atoms. The number of hydrogen-bond acceptors (Lipinski definition) is 7. The summed E-state index contributed by atoms with van der Waals surface area (Å²) in [6.07, 6.45) is -0.660. The van der Waals surface area contributed by atoms with Crippen molar-refractivity contribution < 1.29 is 32.2 Å². The highest BCUT2D eigenvalue weighted by Crippen LogP contribution is 2.33. The fraction of sp³-hybridized carbons (Fsp3) is 0.452. The van der Waals surface area contributed by atoms with E-state index in [0.717, 1.165) is 53.3 Å². The lowest BCUT2D eigenvalue weighted by atomic mass is 9.93. The molecule has 10 nitrogen and oxygen atoms in total. The number of nitrogens with one attached hydrogen (secondary N) is 1. The number of rotatable bonds is 11. The maximum absolute atomic E-state index is 13.4. The number of methoxy groups -OCH3 is 1. The molecule has 44 heavy (non-hydrogen) atoms. The maximum Gasteiger partial charge on any atom is 0.435 e. The highest BCUT2D eigenvalue weighted by molar-refractivity contribution is 6.10. The van der Waals surface area contributed by atoms with E-state index in [-0.39, 0.29) is 41.5 Å². The van der Waals surface area contributed by atoms with Crippen LogP contribution in [-0.4, -0.2) is 58.1 Å². The number of ether oxygens (including phenoxy) is 2. The fourth-order valence-corrected chi connectivity index (χ4v) is 5.43. The van der Waals surface area contributed by atoms with E-state index >= 15 is 0 Å². The van der Waals surface area contributed by atoms with Gasteiger partial charge in [-0.3, -0.25) is 9.59 Å². The van der Waals surface area contributed by atoms with E-state index in [9.17, 15) is 22.8 Å². The van der Waals surface area contributed by atoms with E-state index in [0.29, 0.717) is 30.8 Å². The van der Waals surface area contributed by atoms with Crippen molar-refractivity contribution in [1.82, 2.24) is 20.0 Å². The predicted molar refractivity (Wildman–Crippen MR) is 158 cm³/mol. The summed E-state index contributed by atoms with van der Waals surface area (Å²) >= 11 is 0. The molecule has 2 atom stereocenters. The van der Waals surface area contributed by atoms with E-state index in [4.69, 9.17) is 9.47 Å². The minimum Gasteiger partial charge on any atom is -0.494 e. The van der Waals surface area contributed by atoms with Gasteiger partial charge in [-0.25, -0.2) is 10.4 Å². The van der Waals surface area contributed by atoms with Crippen LogP contribution >= 0.6 is 0 Å². The lowest BCUT2D eigenvalue weighted by molar-refractivity contribution is -0.141. The number of fused-ring (bicyclic) bond motifs is 1. The Morgan fingerprint density at radius 2 is 1.68 bits per heavy atom. The number of halogens is 3. The van der Waals surface area contributed by atoms with Gasteiger partial charge in [0.1, 0.15) is 5.75 Å². The molecule has 4 heterocycles. The van der Waals surface area contributed by atoms with Crippen molar-refractivity contribution >= 4 is 28.8 Å². The molecule has 13 heteroatoms. The van der Waals surface area contributed by atoms with Crippen LogP contribution in [0.2, 0.25) is 0 Å². The largest absolute Gasteiger partial charge is 0.494 e. The van der Waals surface area contributed by atoms with Crippen molar-refractivity contribution in [2.24, 2.45) is 22.0 Å². The molecule has 0 fully saturated rings. The van der Waals surface area contributed by atoms with Crippen molar-refractivity contribution in [3.63, 3.8) is 0 Å². The van der Waals surface area contributed by atoms with Crippen molar-refractivity contribution in [2.75, 3.05) is 20.3 Å². The minimum absolute atomic E-state index is 0.0539. The van der Waals surface area contributed by atoms with Crippen LogP contribution in [0.1, 0.15) is 69.2 Å². The predicted octanol–water partition coefficient (Wildman–Crippen LogP) is 5.43. The van der Waals surface area contributed by atoms with Crippen molar-refractivity contribution in [3.05, 3.63) is 59.3 Å². The third kappa shape index (κ3) is 6.87. The van der Waals surface area contributed by atoms with Gasteiger partial charge in [0.05, 0.1) is 30.7 Å². The molecule has 2 aliphatic heterocycles. The van der Waals surface area contributed by atoms with Crippen LogP contribution < -0.4 is 14.9 Å². The number of amides is 2. The minimum atomic E-state index is -4.61. The Labute approximate surface area is 252 Å². The summed E-state index contributed by atoms with van der Waals surface area (Å²) in [7, 11) is 1.37. The van der Waals surface area contributed by atoms with Crippen molar-refractivity contribution in [3.8, 4) is 11.6 Å². The number of aromatic nitrogens is 2. The first-order valence-electron chi connectivity index (χ1n) is 14.7. The molecule has 2 aliphatic rings. The van der Waals surface area contributed by atoms with Crippen LogP contribution in [0.15, 0.2) is 52.7 Å². The summed E-state index contributed by atoms with van der Waals surface area (Å²) in [5.74, 6) is 0.511. The molecule has 234 valence electrons. The zero-order valence-electron chi connectivity index (χ0n) is 24.9. The quantitative estimate of drug-likeness (QED) is 0.290. The summed E-state index contributed by atoms with van der Waals surface area (Å²) in [5, 5.41) is 13.9. The highest BCUT2D eigenvalue weighted by Gasteiger charge is 2.36. The molecule has 1 aromatic carbocycles. The lowest BCUT2D eigenvalue weighted by Gasteiger charge is -2.28.